The Bertz CT molecular complexity index is 1120. The molecule has 8 nitrogen and oxygen atoms in total. The van der Waals surface area contributed by atoms with Crippen molar-refractivity contribution in [1.82, 2.24) is 14.9 Å². The minimum Gasteiger partial charge on any atom is -0.502 e. The normalized spacial score (nSPS) is 20.8. The highest BCUT2D eigenvalue weighted by Crippen LogP contribution is 2.46. The Morgan fingerprint density at radius 2 is 2.18 bits per heavy atom. The lowest BCUT2D eigenvalue weighted by Gasteiger charge is -2.38. The van der Waals surface area contributed by atoms with E-state index in [1.807, 2.05) is 11.0 Å². The van der Waals surface area contributed by atoms with E-state index in [4.69, 9.17) is 0 Å². The molecule has 2 unspecified atom stereocenters. The van der Waals surface area contributed by atoms with Crippen LogP contribution in [0.15, 0.2) is 36.7 Å². The second-order valence-electron chi connectivity index (χ2n) is 7.45. The summed E-state index contributed by atoms with van der Waals surface area (Å²) in [5.41, 5.74) is 3.71. The lowest BCUT2D eigenvalue weighted by Crippen LogP contribution is -2.46. The molecule has 1 amide bonds. The predicted molar refractivity (Wildman–Crippen MR) is 101 cm³/mol. The third kappa shape index (κ3) is 2.45. The molecule has 1 aromatic heterocycles. The van der Waals surface area contributed by atoms with Gasteiger partial charge in [-0.1, -0.05) is 0 Å². The maximum atomic E-state index is 13.2. The van der Waals surface area contributed by atoms with E-state index in [1.165, 1.54) is 12.1 Å². The van der Waals surface area contributed by atoms with E-state index in [2.05, 4.69) is 9.97 Å². The minimum atomic E-state index is -0.570. The van der Waals surface area contributed by atoms with Gasteiger partial charge in [0.15, 0.2) is 5.75 Å². The number of aromatic nitrogens is 2. The van der Waals surface area contributed by atoms with Crippen molar-refractivity contribution in [2.24, 2.45) is 0 Å². The van der Waals surface area contributed by atoms with Gasteiger partial charge in [-0.3, -0.25) is 14.9 Å². The van der Waals surface area contributed by atoms with E-state index in [0.717, 1.165) is 35.0 Å². The van der Waals surface area contributed by atoms with E-state index >= 15 is 0 Å². The van der Waals surface area contributed by atoms with Gasteiger partial charge < -0.3 is 15.0 Å². The van der Waals surface area contributed by atoms with Crippen LogP contribution in [-0.4, -0.2) is 43.4 Å². The van der Waals surface area contributed by atoms with E-state index < -0.39 is 4.92 Å². The largest absolute Gasteiger partial charge is 0.502 e. The fourth-order valence-corrected chi connectivity index (χ4v) is 4.68. The number of fused-ring (bicyclic) bond motifs is 4. The third-order valence-electron chi connectivity index (χ3n) is 5.97. The molecule has 0 spiro atoms. The van der Waals surface area contributed by atoms with Crippen molar-refractivity contribution < 1.29 is 14.8 Å². The second kappa shape index (κ2) is 6.05. The van der Waals surface area contributed by atoms with E-state index in [9.17, 15) is 20.0 Å². The number of aromatic amines is 1. The van der Waals surface area contributed by atoms with Crippen molar-refractivity contribution in [3.63, 3.8) is 0 Å². The fourth-order valence-electron chi connectivity index (χ4n) is 4.68. The second-order valence-corrected chi connectivity index (χ2v) is 7.45. The predicted octanol–water partition coefficient (Wildman–Crippen LogP) is 3.12. The van der Waals surface area contributed by atoms with Crippen LogP contribution in [0.1, 0.15) is 40.2 Å². The molecule has 1 saturated heterocycles. The summed E-state index contributed by atoms with van der Waals surface area (Å²) < 4.78 is 0. The van der Waals surface area contributed by atoms with Crippen LogP contribution in [0.5, 0.6) is 5.75 Å². The molecule has 2 heterocycles. The number of phenolic OH excluding ortho intramolecular Hbond substituents is 1. The molecule has 8 heteroatoms. The lowest BCUT2D eigenvalue weighted by molar-refractivity contribution is -0.385. The highest BCUT2D eigenvalue weighted by molar-refractivity contribution is 5.97. The molecular formula is C20H18N4O4. The highest BCUT2D eigenvalue weighted by Gasteiger charge is 2.42. The van der Waals surface area contributed by atoms with Crippen molar-refractivity contribution in [2.75, 3.05) is 6.54 Å². The number of aromatic hydroxyl groups is 1. The Labute approximate surface area is 160 Å². The summed E-state index contributed by atoms with van der Waals surface area (Å²) in [5, 5.41) is 21.2. The van der Waals surface area contributed by atoms with E-state index in [-0.39, 0.29) is 29.3 Å². The van der Waals surface area contributed by atoms with Gasteiger partial charge in [-0.05, 0) is 54.7 Å². The number of nitrogens with zero attached hydrogens (tertiary/aromatic N) is 3. The zero-order valence-electron chi connectivity index (χ0n) is 15.0. The van der Waals surface area contributed by atoms with Crippen molar-refractivity contribution in [2.45, 2.75) is 31.2 Å². The monoisotopic (exact) mass is 378 g/mol. The Balaban J connectivity index is 1.49. The third-order valence-corrected chi connectivity index (χ3v) is 5.97. The fraction of sp³-hybridized carbons (Fsp3) is 0.300. The van der Waals surface area contributed by atoms with Crippen molar-refractivity contribution in [3.8, 4) is 5.75 Å². The first-order valence-corrected chi connectivity index (χ1v) is 9.27. The summed E-state index contributed by atoms with van der Waals surface area (Å²) in [6.07, 6.45) is 3.92. The number of rotatable bonds is 2. The molecule has 2 atom stereocenters. The van der Waals surface area contributed by atoms with Gasteiger partial charge in [0, 0.05) is 30.1 Å². The van der Waals surface area contributed by atoms with Crippen LogP contribution < -0.4 is 0 Å². The molecular weight excluding hydrogens is 360 g/mol. The number of phenols is 1. The number of nitrogens with one attached hydrogen (secondary N) is 1. The number of H-pyrrole nitrogens is 1. The number of piperidine rings is 1. The quantitative estimate of drug-likeness (QED) is 0.525. The Hall–Kier alpha value is -3.42. The van der Waals surface area contributed by atoms with E-state index in [1.54, 1.807) is 18.5 Å². The van der Waals surface area contributed by atoms with Crippen molar-refractivity contribution in [1.29, 1.82) is 0 Å². The molecule has 0 bridgehead atoms. The summed E-state index contributed by atoms with van der Waals surface area (Å²) in [6.45, 7) is 0.653. The number of carbonyl (C=O) groups is 1. The van der Waals surface area contributed by atoms with Crippen LogP contribution in [0.25, 0.3) is 11.0 Å². The molecule has 0 saturated carbocycles. The number of imidazole rings is 1. The Morgan fingerprint density at radius 1 is 1.32 bits per heavy atom. The number of nitro groups is 1. The van der Waals surface area contributed by atoms with Gasteiger partial charge in [-0.25, -0.2) is 4.98 Å². The molecule has 142 valence electrons. The van der Waals surface area contributed by atoms with Crippen LogP contribution in [0.2, 0.25) is 0 Å². The smallest absolute Gasteiger partial charge is 0.310 e. The summed E-state index contributed by atoms with van der Waals surface area (Å²) in [4.78, 5) is 32.9. The first-order chi connectivity index (χ1) is 13.5. The van der Waals surface area contributed by atoms with Crippen LogP contribution in [0, 0.1) is 10.1 Å². The molecule has 5 rings (SSSR count). The van der Waals surface area contributed by atoms with E-state index in [0.29, 0.717) is 18.5 Å². The van der Waals surface area contributed by atoms with Gasteiger partial charge in [0.2, 0.25) is 0 Å². The van der Waals surface area contributed by atoms with Gasteiger partial charge in [0.05, 0.1) is 22.3 Å². The topological polar surface area (TPSA) is 112 Å². The summed E-state index contributed by atoms with van der Waals surface area (Å²) in [7, 11) is 0. The average Bonchev–Trinajstić information content (AvgIpc) is 3.29. The van der Waals surface area contributed by atoms with Crippen molar-refractivity contribution >= 4 is 22.6 Å². The number of amides is 1. The Kier molecular flexibility index (Phi) is 3.61. The molecule has 2 N–H and O–H groups in total. The number of benzene rings is 2. The molecule has 0 radical (unpaired) electrons. The summed E-state index contributed by atoms with van der Waals surface area (Å²) in [6, 6.07) is 8.36. The Morgan fingerprint density at radius 3 is 3.00 bits per heavy atom. The van der Waals surface area contributed by atoms with Crippen LogP contribution in [-0.2, 0) is 6.42 Å². The number of nitro benzene ring substituents is 1. The highest BCUT2D eigenvalue weighted by atomic mass is 16.6. The number of likely N-dealkylation sites (tertiary alicyclic amines) is 1. The standard InChI is InChI=1S/C20H18N4O4/c25-19-9-14-12(8-18(19)24(27)28)7-17-13(14)2-1-5-23(17)20(26)11-3-4-15-16(6-11)22-10-21-15/h3-4,6,8-10,13,17,25H,1-2,5,7H2,(H,21,22). The maximum absolute atomic E-state index is 13.2. The SMILES string of the molecule is O=C(c1ccc2[nH]cnc2c1)N1CCCC2c3cc(O)c([N+](=O)[O-])cc3CC21. The minimum absolute atomic E-state index is 0.0486. The molecule has 1 aliphatic carbocycles. The lowest BCUT2D eigenvalue weighted by atomic mass is 9.88. The maximum Gasteiger partial charge on any atom is 0.310 e. The molecule has 1 fully saturated rings. The van der Waals surface area contributed by atoms with Gasteiger partial charge in [-0.15, -0.1) is 0 Å². The first-order valence-electron chi connectivity index (χ1n) is 9.27. The average molecular weight is 378 g/mol. The zero-order chi connectivity index (χ0) is 19.4. The first kappa shape index (κ1) is 16.7. The molecule has 3 aromatic rings. The van der Waals surface area contributed by atoms with Crippen LogP contribution >= 0.6 is 0 Å². The molecule has 2 aliphatic rings. The summed E-state index contributed by atoms with van der Waals surface area (Å²) >= 11 is 0. The van der Waals surface area contributed by atoms with Crippen LogP contribution in [0.4, 0.5) is 5.69 Å². The number of carbonyl (C=O) groups excluding carboxylic acids is 1. The summed E-state index contributed by atoms with van der Waals surface area (Å²) in [5.74, 6) is -0.267. The van der Waals surface area contributed by atoms with Gasteiger partial charge in [0.25, 0.3) is 5.91 Å². The van der Waals surface area contributed by atoms with Gasteiger partial charge in [0.1, 0.15) is 0 Å². The zero-order valence-corrected chi connectivity index (χ0v) is 15.0. The molecule has 1 aliphatic heterocycles. The van der Waals surface area contributed by atoms with Gasteiger partial charge in [-0.2, -0.15) is 0 Å². The molecule has 2 aromatic carbocycles. The number of hydrogen-bond donors (Lipinski definition) is 2. The number of hydrogen-bond acceptors (Lipinski definition) is 5. The molecule has 28 heavy (non-hydrogen) atoms. The van der Waals surface area contributed by atoms with Crippen molar-refractivity contribution in [3.05, 3.63) is 63.5 Å². The van der Waals surface area contributed by atoms with Crippen LogP contribution in [0.3, 0.4) is 0 Å². The van der Waals surface area contributed by atoms with Gasteiger partial charge >= 0.3 is 5.69 Å².